The molecular formula is C14H18INO4. The third-order valence-corrected chi connectivity index (χ3v) is 3.25. The van der Waals surface area contributed by atoms with Crippen molar-refractivity contribution in [1.29, 1.82) is 0 Å². The Balaban J connectivity index is 3.05. The lowest BCUT2D eigenvalue weighted by Crippen LogP contribution is -2.51. The highest BCUT2D eigenvalue weighted by atomic mass is 127. The number of benzene rings is 1. The summed E-state index contributed by atoms with van der Waals surface area (Å²) in [5.74, 6) is -1.15. The van der Waals surface area contributed by atoms with Crippen molar-refractivity contribution in [3.05, 3.63) is 33.4 Å². The highest BCUT2D eigenvalue weighted by Crippen LogP contribution is 2.23. The van der Waals surface area contributed by atoms with E-state index in [0.717, 1.165) is 3.57 Å². The number of hydrogen-bond donors (Lipinski definition) is 2. The smallest absolute Gasteiger partial charge is 0.408 e. The van der Waals surface area contributed by atoms with E-state index in [1.807, 2.05) is 6.07 Å². The van der Waals surface area contributed by atoms with Crippen LogP contribution in [0.1, 0.15) is 33.3 Å². The van der Waals surface area contributed by atoms with Crippen LogP contribution in [0, 0.1) is 3.57 Å². The van der Waals surface area contributed by atoms with Gasteiger partial charge in [-0.15, -0.1) is 0 Å². The number of alkyl carbamates (subject to hydrolysis) is 1. The van der Waals surface area contributed by atoms with Crippen LogP contribution in [0.5, 0.6) is 0 Å². The van der Waals surface area contributed by atoms with E-state index >= 15 is 0 Å². The molecule has 1 amide bonds. The van der Waals surface area contributed by atoms with E-state index in [1.165, 1.54) is 6.92 Å². The van der Waals surface area contributed by atoms with Crippen molar-refractivity contribution < 1.29 is 19.4 Å². The van der Waals surface area contributed by atoms with E-state index in [-0.39, 0.29) is 0 Å². The standard InChI is InChI=1S/C14H18INO4/c1-13(2,3)20-12(19)16-14(4,11(17)18)9-6-5-7-10(15)8-9/h5-8H,1-4H3,(H,16,19)(H,17,18). The van der Waals surface area contributed by atoms with Crippen molar-refractivity contribution in [3.8, 4) is 0 Å². The molecule has 1 aromatic rings. The summed E-state index contributed by atoms with van der Waals surface area (Å²) in [6.07, 6.45) is -0.763. The van der Waals surface area contributed by atoms with Crippen LogP contribution in [0.2, 0.25) is 0 Å². The quantitative estimate of drug-likeness (QED) is 0.777. The molecule has 5 nitrogen and oxygen atoms in total. The number of nitrogens with one attached hydrogen (secondary N) is 1. The third kappa shape index (κ3) is 4.36. The van der Waals surface area contributed by atoms with E-state index in [2.05, 4.69) is 27.9 Å². The molecule has 110 valence electrons. The van der Waals surface area contributed by atoms with Crippen LogP contribution in [0.15, 0.2) is 24.3 Å². The van der Waals surface area contributed by atoms with Crippen molar-refractivity contribution >= 4 is 34.7 Å². The fourth-order valence-corrected chi connectivity index (χ4v) is 2.10. The molecule has 2 N–H and O–H groups in total. The van der Waals surface area contributed by atoms with Gasteiger partial charge in [-0.05, 0) is 68.0 Å². The number of halogens is 1. The molecule has 0 aliphatic heterocycles. The van der Waals surface area contributed by atoms with E-state index < -0.39 is 23.2 Å². The van der Waals surface area contributed by atoms with Gasteiger partial charge in [0.05, 0.1) is 0 Å². The van der Waals surface area contributed by atoms with Crippen LogP contribution in [-0.2, 0) is 15.1 Å². The molecular weight excluding hydrogens is 373 g/mol. The second kappa shape index (κ2) is 5.99. The monoisotopic (exact) mass is 391 g/mol. The van der Waals surface area contributed by atoms with Crippen LogP contribution in [0.3, 0.4) is 0 Å². The maximum absolute atomic E-state index is 11.8. The average molecular weight is 391 g/mol. The molecule has 0 radical (unpaired) electrons. The highest BCUT2D eigenvalue weighted by molar-refractivity contribution is 14.1. The Morgan fingerprint density at radius 3 is 2.30 bits per heavy atom. The molecule has 0 aliphatic carbocycles. The van der Waals surface area contributed by atoms with Gasteiger partial charge in [0.1, 0.15) is 5.60 Å². The number of rotatable bonds is 3. The minimum atomic E-state index is -1.54. The second-order valence-corrected chi connectivity index (χ2v) is 6.81. The molecule has 0 aromatic heterocycles. The second-order valence-electron chi connectivity index (χ2n) is 5.57. The number of carbonyl (C=O) groups excluding carboxylic acids is 1. The van der Waals surface area contributed by atoms with Gasteiger partial charge in [-0.3, -0.25) is 0 Å². The van der Waals surface area contributed by atoms with Crippen molar-refractivity contribution in [2.75, 3.05) is 0 Å². The fraction of sp³-hybridized carbons (Fsp3) is 0.429. The van der Waals surface area contributed by atoms with Crippen molar-refractivity contribution in [3.63, 3.8) is 0 Å². The van der Waals surface area contributed by atoms with Crippen molar-refractivity contribution in [2.24, 2.45) is 0 Å². The highest BCUT2D eigenvalue weighted by Gasteiger charge is 2.38. The molecule has 1 unspecified atom stereocenters. The maximum atomic E-state index is 11.8. The third-order valence-electron chi connectivity index (χ3n) is 2.58. The summed E-state index contributed by atoms with van der Waals surface area (Å²) in [6.45, 7) is 6.59. The minimum absolute atomic E-state index is 0.489. The first-order valence-corrected chi connectivity index (χ1v) is 7.13. The average Bonchev–Trinajstić information content (AvgIpc) is 2.25. The number of carbonyl (C=O) groups is 2. The Hall–Kier alpha value is -1.31. The van der Waals surface area contributed by atoms with Crippen LogP contribution < -0.4 is 5.32 Å². The first kappa shape index (κ1) is 16.7. The van der Waals surface area contributed by atoms with Gasteiger partial charge in [0.25, 0.3) is 0 Å². The normalized spacial score (nSPS) is 14.2. The molecule has 0 heterocycles. The van der Waals surface area contributed by atoms with Crippen molar-refractivity contribution in [2.45, 2.75) is 38.8 Å². The molecule has 6 heteroatoms. The lowest BCUT2D eigenvalue weighted by Gasteiger charge is -2.29. The number of amides is 1. The summed E-state index contributed by atoms with van der Waals surface area (Å²) in [5.41, 5.74) is -1.74. The number of carboxylic acid groups (broad SMARTS) is 1. The van der Waals surface area contributed by atoms with Crippen LogP contribution in [0.25, 0.3) is 0 Å². The first-order chi connectivity index (χ1) is 9.04. The van der Waals surface area contributed by atoms with Crippen LogP contribution in [-0.4, -0.2) is 22.8 Å². The SMILES string of the molecule is CC(C)(C)OC(=O)NC(C)(C(=O)O)c1cccc(I)c1. The molecule has 0 spiro atoms. The van der Waals surface area contributed by atoms with Gasteiger partial charge in [0, 0.05) is 3.57 Å². The van der Waals surface area contributed by atoms with E-state index in [4.69, 9.17) is 4.74 Å². The minimum Gasteiger partial charge on any atom is -0.479 e. The molecule has 0 aliphatic rings. The Bertz CT molecular complexity index is 524. The predicted octanol–water partition coefficient (Wildman–Crippen LogP) is 3.12. The molecule has 0 saturated heterocycles. The van der Waals surface area contributed by atoms with E-state index in [0.29, 0.717) is 5.56 Å². The molecule has 0 saturated carbocycles. The Kier molecular flexibility index (Phi) is 5.01. The summed E-state index contributed by atoms with van der Waals surface area (Å²) >= 11 is 2.09. The van der Waals surface area contributed by atoms with Crippen molar-refractivity contribution in [1.82, 2.24) is 5.32 Å². The predicted molar refractivity (Wildman–Crippen MR) is 83.5 cm³/mol. The summed E-state index contributed by atoms with van der Waals surface area (Å²) < 4.78 is 6.01. The van der Waals surface area contributed by atoms with Gasteiger partial charge in [0.2, 0.25) is 0 Å². The summed E-state index contributed by atoms with van der Waals surface area (Å²) in [7, 11) is 0. The molecule has 0 bridgehead atoms. The molecule has 1 atom stereocenters. The summed E-state index contributed by atoms with van der Waals surface area (Å²) in [5, 5.41) is 11.9. The maximum Gasteiger partial charge on any atom is 0.408 e. The molecule has 1 aromatic carbocycles. The van der Waals surface area contributed by atoms with E-state index in [1.54, 1.807) is 39.0 Å². The molecule has 1 rings (SSSR count). The number of aliphatic carboxylic acids is 1. The number of hydrogen-bond acceptors (Lipinski definition) is 3. The van der Waals surface area contributed by atoms with Gasteiger partial charge in [-0.2, -0.15) is 0 Å². The van der Waals surface area contributed by atoms with Crippen LogP contribution in [0.4, 0.5) is 4.79 Å². The van der Waals surface area contributed by atoms with Gasteiger partial charge in [-0.1, -0.05) is 12.1 Å². The van der Waals surface area contributed by atoms with Crippen LogP contribution >= 0.6 is 22.6 Å². The van der Waals surface area contributed by atoms with Gasteiger partial charge in [0.15, 0.2) is 5.54 Å². The Morgan fingerprint density at radius 1 is 1.25 bits per heavy atom. The Labute approximate surface area is 131 Å². The number of ether oxygens (including phenoxy) is 1. The molecule has 0 fully saturated rings. The zero-order chi connectivity index (χ0) is 15.6. The zero-order valence-electron chi connectivity index (χ0n) is 11.9. The van der Waals surface area contributed by atoms with E-state index in [9.17, 15) is 14.7 Å². The summed E-state index contributed by atoms with van der Waals surface area (Å²) in [6, 6.07) is 6.97. The fourth-order valence-electron chi connectivity index (χ4n) is 1.56. The largest absolute Gasteiger partial charge is 0.479 e. The topological polar surface area (TPSA) is 75.6 Å². The lowest BCUT2D eigenvalue weighted by atomic mass is 9.92. The zero-order valence-corrected chi connectivity index (χ0v) is 14.0. The Morgan fingerprint density at radius 2 is 1.85 bits per heavy atom. The summed E-state index contributed by atoms with van der Waals surface area (Å²) in [4.78, 5) is 23.4. The first-order valence-electron chi connectivity index (χ1n) is 6.05. The lowest BCUT2D eigenvalue weighted by molar-refractivity contribution is -0.144. The van der Waals surface area contributed by atoms with Gasteiger partial charge < -0.3 is 15.2 Å². The molecule has 20 heavy (non-hydrogen) atoms. The van der Waals surface area contributed by atoms with Gasteiger partial charge in [-0.25, -0.2) is 9.59 Å². The number of carboxylic acids is 1. The van der Waals surface area contributed by atoms with Gasteiger partial charge >= 0.3 is 12.1 Å².